The molecule has 1 atom stereocenters. The van der Waals surface area contributed by atoms with Crippen molar-refractivity contribution in [2.75, 3.05) is 0 Å². The van der Waals surface area contributed by atoms with E-state index in [0.717, 1.165) is 0 Å². The van der Waals surface area contributed by atoms with Gasteiger partial charge in [0, 0.05) is 11.1 Å². The molecule has 6 heteroatoms. The van der Waals surface area contributed by atoms with Crippen LogP contribution in [0.5, 0.6) is 0 Å². The zero-order valence-electron chi connectivity index (χ0n) is 11.2. The molecule has 0 unspecified atom stereocenters. The van der Waals surface area contributed by atoms with Crippen LogP contribution in [0.4, 0.5) is 0 Å². The lowest BCUT2D eigenvalue weighted by Gasteiger charge is -2.19. The van der Waals surface area contributed by atoms with Crippen LogP contribution < -0.4 is 0 Å². The van der Waals surface area contributed by atoms with E-state index in [2.05, 4.69) is 0 Å². The minimum Gasteiger partial charge on any atom is -0.446 e. The molecule has 0 radical (unpaired) electrons. The molecule has 0 saturated heterocycles. The third-order valence-corrected chi connectivity index (χ3v) is 3.32. The molecule has 0 aliphatic carbocycles. The molecule has 114 valence electrons. The zero-order valence-corrected chi connectivity index (χ0v) is 13.5. The number of Topliss-reactive ketones (excluding diaryl/α,β-unsaturated/α-hetero) is 1. The molecular weight excluding hydrogens is 347 g/mol. The molecule has 22 heavy (non-hydrogen) atoms. The van der Waals surface area contributed by atoms with E-state index < -0.39 is 21.6 Å². The van der Waals surface area contributed by atoms with E-state index in [9.17, 15) is 9.59 Å². The molecule has 0 aliphatic rings. The van der Waals surface area contributed by atoms with Gasteiger partial charge in [0.2, 0.25) is 5.78 Å². The van der Waals surface area contributed by atoms with Gasteiger partial charge in [0.05, 0.1) is 0 Å². The van der Waals surface area contributed by atoms with Gasteiger partial charge in [-0.1, -0.05) is 95.5 Å². The third kappa shape index (κ3) is 4.23. The number of ether oxygens (including phenoxy) is 1. The topological polar surface area (TPSA) is 43.4 Å². The first-order chi connectivity index (χ1) is 10.4. The highest BCUT2D eigenvalue weighted by molar-refractivity contribution is 6.75. The molecule has 2 rings (SSSR count). The summed E-state index contributed by atoms with van der Waals surface area (Å²) in [4.78, 5) is 24.4. The Morgan fingerprint density at radius 3 is 1.86 bits per heavy atom. The van der Waals surface area contributed by atoms with Crippen LogP contribution in [0, 0.1) is 0 Å². The number of alkyl halides is 3. The normalized spacial score (nSPS) is 12.5. The van der Waals surface area contributed by atoms with Crippen molar-refractivity contribution in [2.24, 2.45) is 0 Å². The summed E-state index contributed by atoms with van der Waals surface area (Å²) >= 11 is 16.5. The number of halogens is 3. The molecule has 0 bridgehead atoms. The number of esters is 1. The van der Waals surface area contributed by atoms with Gasteiger partial charge in [0.1, 0.15) is 0 Å². The molecule has 0 fully saturated rings. The number of hydrogen-bond acceptors (Lipinski definition) is 3. The van der Waals surface area contributed by atoms with Crippen LogP contribution in [0.15, 0.2) is 60.7 Å². The Morgan fingerprint density at radius 1 is 0.864 bits per heavy atom. The summed E-state index contributed by atoms with van der Waals surface area (Å²) in [7, 11) is 0. The molecule has 2 aromatic rings. The second-order valence-electron chi connectivity index (χ2n) is 4.42. The summed E-state index contributed by atoms with van der Waals surface area (Å²) in [6.07, 6.45) is -1.17. The standard InChI is InChI=1S/C16H11Cl3O3/c17-16(18,19)15(21)22-14(12-9-5-2-6-10-12)13(20)11-7-3-1-4-8-11/h1-10,14H/t14-/m0/s1. The Labute approximate surface area is 142 Å². The number of benzene rings is 2. The molecule has 0 heterocycles. The summed E-state index contributed by atoms with van der Waals surface area (Å²) in [6.45, 7) is 0. The lowest BCUT2D eigenvalue weighted by Crippen LogP contribution is -2.27. The van der Waals surface area contributed by atoms with Gasteiger partial charge in [-0.15, -0.1) is 0 Å². The first kappa shape index (κ1) is 16.8. The predicted molar refractivity (Wildman–Crippen MR) is 86.3 cm³/mol. The molecule has 0 spiro atoms. The van der Waals surface area contributed by atoms with E-state index in [1.807, 2.05) is 0 Å². The van der Waals surface area contributed by atoms with Crippen LogP contribution >= 0.6 is 34.8 Å². The van der Waals surface area contributed by atoms with Crippen molar-refractivity contribution in [1.82, 2.24) is 0 Å². The Morgan fingerprint density at radius 2 is 1.36 bits per heavy atom. The zero-order chi connectivity index (χ0) is 16.2. The number of carbonyl (C=O) groups is 2. The minimum atomic E-state index is -2.25. The fourth-order valence-electron chi connectivity index (χ4n) is 1.83. The van der Waals surface area contributed by atoms with E-state index in [1.54, 1.807) is 60.7 Å². The highest BCUT2D eigenvalue weighted by atomic mass is 35.6. The smallest absolute Gasteiger partial charge is 0.359 e. The van der Waals surface area contributed by atoms with Crippen molar-refractivity contribution >= 4 is 46.6 Å². The molecule has 0 N–H and O–H groups in total. The molecule has 0 aromatic heterocycles. The van der Waals surface area contributed by atoms with Gasteiger partial charge in [-0.2, -0.15) is 0 Å². The van der Waals surface area contributed by atoms with E-state index >= 15 is 0 Å². The minimum absolute atomic E-state index is 0.394. The number of ketones is 1. The fourth-order valence-corrected chi connectivity index (χ4v) is 1.96. The maximum atomic E-state index is 12.6. The van der Waals surface area contributed by atoms with Crippen molar-refractivity contribution in [1.29, 1.82) is 0 Å². The van der Waals surface area contributed by atoms with Gasteiger partial charge < -0.3 is 4.74 Å². The number of rotatable bonds is 4. The van der Waals surface area contributed by atoms with E-state index in [4.69, 9.17) is 39.5 Å². The third-order valence-electron chi connectivity index (χ3n) is 2.86. The lowest BCUT2D eigenvalue weighted by molar-refractivity contribution is -0.146. The van der Waals surface area contributed by atoms with Gasteiger partial charge in [-0.05, 0) is 0 Å². The Hall–Kier alpha value is -1.55. The van der Waals surface area contributed by atoms with Gasteiger partial charge in [-0.3, -0.25) is 4.79 Å². The highest BCUT2D eigenvalue weighted by Crippen LogP contribution is 2.31. The van der Waals surface area contributed by atoms with Crippen molar-refractivity contribution < 1.29 is 14.3 Å². The van der Waals surface area contributed by atoms with Gasteiger partial charge in [0.15, 0.2) is 6.10 Å². The maximum Gasteiger partial charge on any atom is 0.359 e. The van der Waals surface area contributed by atoms with E-state index in [0.29, 0.717) is 11.1 Å². The first-order valence-corrected chi connectivity index (χ1v) is 7.45. The molecule has 3 nitrogen and oxygen atoms in total. The Kier molecular flexibility index (Phi) is 5.46. The Balaban J connectivity index is 2.34. The first-order valence-electron chi connectivity index (χ1n) is 6.31. The summed E-state index contributed by atoms with van der Waals surface area (Å²) in [5.41, 5.74) is 0.896. The summed E-state index contributed by atoms with van der Waals surface area (Å²) in [5.74, 6) is -1.50. The number of carbonyl (C=O) groups excluding carboxylic acids is 2. The van der Waals surface area contributed by atoms with Gasteiger partial charge in [-0.25, -0.2) is 4.79 Å². The number of hydrogen-bond donors (Lipinski definition) is 0. The van der Waals surface area contributed by atoms with Crippen molar-refractivity contribution in [3.05, 3.63) is 71.8 Å². The summed E-state index contributed by atoms with van der Waals surface area (Å²) in [6, 6.07) is 17.0. The van der Waals surface area contributed by atoms with Crippen LogP contribution in [0.1, 0.15) is 22.0 Å². The Bertz CT molecular complexity index is 651. The lowest BCUT2D eigenvalue weighted by atomic mass is 10.00. The van der Waals surface area contributed by atoms with Crippen LogP contribution in [0.3, 0.4) is 0 Å². The largest absolute Gasteiger partial charge is 0.446 e. The average molecular weight is 358 g/mol. The van der Waals surface area contributed by atoms with Gasteiger partial charge >= 0.3 is 5.97 Å². The average Bonchev–Trinajstić information content (AvgIpc) is 2.52. The van der Waals surface area contributed by atoms with Crippen LogP contribution in [-0.2, 0) is 9.53 Å². The maximum absolute atomic E-state index is 12.6. The van der Waals surface area contributed by atoms with E-state index in [1.165, 1.54) is 0 Å². The summed E-state index contributed by atoms with van der Waals surface area (Å²) < 4.78 is 2.89. The van der Waals surface area contributed by atoms with Crippen molar-refractivity contribution in [3.8, 4) is 0 Å². The molecule has 2 aromatic carbocycles. The second-order valence-corrected chi connectivity index (χ2v) is 6.71. The van der Waals surface area contributed by atoms with Crippen LogP contribution in [-0.4, -0.2) is 15.5 Å². The van der Waals surface area contributed by atoms with E-state index in [-0.39, 0.29) is 0 Å². The summed E-state index contributed by atoms with van der Waals surface area (Å²) in [5, 5.41) is 0. The van der Waals surface area contributed by atoms with Crippen molar-refractivity contribution in [2.45, 2.75) is 9.90 Å². The molecule has 0 amide bonds. The monoisotopic (exact) mass is 356 g/mol. The predicted octanol–water partition coefficient (Wildman–Crippen LogP) is 4.52. The molecule has 0 aliphatic heterocycles. The fraction of sp³-hybridized carbons (Fsp3) is 0.125. The molecule has 0 saturated carbocycles. The molecular formula is C16H11Cl3O3. The SMILES string of the molecule is O=C(c1ccccc1)[C@@H](OC(=O)C(Cl)(Cl)Cl)c1ccccc1. The van der Waals surface area contributed by atoms with Gasteiger partial charge in [0.25, 0.3) is 3.79 Å². The van der Waals surface area contributed by atoms with Crippen molar-refractivity contribution in [3.63, 3.8) is 0 Å². The van der Waals surface area contributed by atoms with Crippen LogP contribution in [0.2, 0.25) is 0 Å². The quantitative estimate of drug-likeness (QED) is 0.459. The second kappa shape index (κ2) is 7.14. The van der Waals surface area contributed by atoms with Crippen LogP contribution in [0.25, 0.3) is 0 Å². The highest BCUT2D eigenvalue weighted by Gasteiger charge is 2.37.